The number of amides is 1. The summed E-state index contributed by atoms with van der Waals surface area (Å²) in [5.74, 6) is 2.17. The lowest BCUT2D eigenvalue weighted by Gasteiger charge is -2.44. The molecule has 1 aromatic rings. The number of piperidine rings is 1. The molecular formula is C19H27NO3. The highest BCUT2D eigenvalue weighted by Gasteiger charge is 2.36. The second kappa shape index (κ2) is 7.24. The maximum absolute atomic E-state index is 13.0. The molecule has 2 unspecified atom stereocenters. The molecule has 23 heavy (non-hydrogen) atoms. The van der Waals surface area contributed by atoms with E-state index in [1.807, 2.05) is 25.1 Å². The van der Waals surface area contributed by atoms with Gasteiger partial charge in [0, 0.05) is 18.2 Å². The van der Waals surface area contributed by atoms with Crippen LogP contribution in [0.2, 0.25) is 0 Å². The summed E-state index contributed by atoms with van der Waals surface area (Å²) in [4.78, 5) is 15.1. The van der Waals surface area contributed by atoms with Crippen LogP contribution in [0.1, 0.15) is 55.8 Å². The zero-order valence-electron chi connectivity index (χ0n) is 14.2. The van der Waals surface area contributed by atoms with Crippen molar-refractivity contribution in [2.24, 2.45) is 5.92 Å². The smallest absolute Gasteiger partial charge is 0.254 e. The molecule has 3 rings (SSSR count). The largest absolute Gasteiger partial charge is 0.493 e. The lowest BCUT2D eigenvalue weighted by atomic mass is 9.78. The van der Waals surface area contributed by atoms with Gasteiger partial charge in [-0.1, -0.05) is 12.8 Å². The average molecular weight is 317 g/mol. The molecule has 0 N–H and O–H groups in total. The number of likely N-dealkylation sites (tertiary alicyclic amines) is 1. The molecule has 126 valence electrons. The minimum absolute atomic E-state index is 0.142. The zero-order chi connectivity index (χ0) is 16.2. The van der Waals surface area contributed by atoms with Crippen molar-refractivity contribution in [2.75, 3.05) is 20.3 Å². The summed E-state index contributed by atoms with van der Waals surface area (Å²) in [6, 6.07) is 5.96. The van der Waals surface area contributed by atoms with Crippen LogP contribution in [0.3, 0.4) is 0 Å². The van der Waals surface area contributed by atoms with Crippen molar-refractivity contribution in [3.63, 3.8) is 0 Å². The summed E-state index contributed by atoms with van der Waals surface area (Å²) >= 11 is 0. The van der Waals surface area contributed by atoms with Crippen LogP contribution in [0.4, 0.5) is 0 Å². The summed E-state index contributed by atoms with van der Waals surface area (Å²) in [5.41, 5.74) is 0.705. The summed E-state index contributed by atoms with van der Waals surface area (Å²) in [5, 5.41) is 0. The molecule has 2 aliphatic rings. The van der Waals surface area contributed by atoms with Crippen LogP contribution < -0.4 is 9.47 Å². The molecule has 2 atom stereocenters. The third-order valence-corrected chi connectivity index (χ3v) is 5.21. The highest BCUT2D eigenvalue weighted by atomic mass is 16.5. The predicted octanol–water partition coefficient (Wildman–Crippen LogP) is 3.89. The molecule has 4 nitrogen and oxygen atoms in total. The van der Waals surface area contributed by atoms with Gasteiger partial charge in [-0.25, -0.2) is 0 Å². The Morgan fingerprint density at radius 1 is 1.17 bits per heavy atom. The first-order valence-corrected chi connectivity index (χ1v) is 8.86. The van der Waals surface area contributed by atoms with Crippen molar-refractivity contribution in [3.05, 3.63) is 23.8 Å². The van der Waals surface area contributed by atoms with E-state index in [1.54, 1.807) is 7.11 Å². The lowest BCUT2D eigenvalue weighted by molar-refractivity contribution is 0.0390. The van der Waals surface area contributed by atoms with Gasteiger partial charge in [0.05, 0.1) is 13.7 Å². The third kappa shape index (κ3) is 3.31. The first-order chi connectivity index (χ1) is 11.2. The first-order valence-electron chi connectivity index (χ1n) is 8.86. The van der Waals surface area contributed by atoms with Gasteiger partial charge >= 0.3 is 0 Å². The van der Waals surface area contributed by atoms with Crippen molar-refractivity contribution >= 4 is 5.91 Å². The molecule has 1 aromatic carbocycles. The summed E-state index contributed by atoms with van der Waals surface area (Å²) in [6.45, 7) is 3.41. The molecule has 1 saturated heterocycles. The Bertz CT molecular complexity index is 556. The molecule has 1 amide bonds. The molecule has 1 aliphatic carbocycles. The second-order valence-electron chi connectivity index (χ2n) is 6.55. The maximum atomic E-state index is 13.0. The number of carbonyl (C=O) groups excluding carboxylic acids is 1. The zero-order valence-corrected chi connectivity index (χ0v) is 14.2. The third-order valence-electron chi connectivity index (χ3n) is 5.21. The molecule has 0 spiro atoms. The predicted molar refractivity (Wildman–Crippen MR) is 90.2 cm³/mol. The highest BCUT2D eigenvalue weighted by molar-refractivity contribution is 5.95. The Morgan fingerprint density at radius 3 is 2.74 bits per heavy atom. The lowest BCUT2D eigenvalue weighted by Crippen LogP contribution is -2.49. The highest BCUT2D eigenvalue weighted by Crippen LogP contribution is 2.36. The van der Waals surface area contributed by atoms with Gasteiger partial charge in [0.1, 0.15) is 0 Å². The average Bonchev–Trinajstić information content (AvgIpc) is 2.61. The van der Waals surface area contributed by atoms with Crippen molar-refractivity contribution in [2.45, 2.75) is 51.5 Å². The molecule has 1 heterocycles. The molecule has 0 bridgehead atoms. The van der Waals surface area contributed by atoms with E-state index in [1.165, 1.54) is 25.7 Å². The fourth-order valence-electron chi connectivity index (χ4n) is 4.12. The van der Waals surface area contributed by atoms with Gasteiger partial charge < -0.3 is 14.4 Å². The number of nitrogens with zero attached hydrogens (tertiary/aromatic N) is 1. The molecule has 1 saturated carbocycles. The normalized spacial score (nSPS) is 24.0. The minimum atomic E-state index is 0.142. The monoisotopic (exact) mass is 317 g/mol. The van der Waals surface area contributed by atoms with Gasteiger partial charge in [-0.3, -0.25) is 4.79 Å². The van der Waals surface area contributed by atoms with Crippen molar-refractivity contribution in [1.82, 2.24) is 4.90 Å². The van der Waals surface area contributed by atoms with E-state index in [0.29, 0.717) is 35.6 Å². The SMILES string of the molecule is CCOc1ccc(C(=O)N2CCCC3CCCCC32)cc1OC. The molecule has 0 aromatic heterocycles. The Labute approximate surface area is 138 Å². The first kappa shape index (κ1) is 16.2. The van der Waals surface area contributed by atoms with Crippen LogP contribution in [0, 0.1) is 5.92 Å². The number of hydrogen-bond donors (Lipinski definition) is 0. The van der Waals surface area contributed by atoms with E-state index in [2.05, 4.69) is 4.90 Å². The Kier molecular flexibility index (Phi) is 5.09. The summed E-state index contributed by atoms with van der Waals surface area (Å²) in [6.07, 6.45) is 7.41. The van der Waals surface area contributed by atoms with Crippen molar-refractivity contribution in [1.29, 1.82) is 0 Å². The van der Waals surface area contributed by atoms with Crippen LogP contribution in [-0.4, -0.2) is 37.1 Å². The van der Waals surface area contributed by atoms with E-state index < -0.39 is 0 Å². The van der Waals surface area contributed by atoms with Gasteiger partial charge in [0.15, 0.2) is 11.5 Å². The van der Waals surface area contributed by atoms with Crippen LogP contribution in [0.5, 0.6) is 11.5 Å². The molecule has 4 heteroatoms. The van der Waals surface area contributed by atoms with Crippen LogP contribution in [0.25, 0.3) is 0 Å². The standard InChI is InChI=1S/C19H27NO3/c1-3-23-17-11-10-15(13-18(17)22-2)19(21)20-12-6-8-14-7-4-5-9-16(14)20/h10-11,13-14,16H,3-9,12H2,1-2H3. The van der Waals surface area contributed by atoms with E-state index in [9.17, 15) is 4.79 Å². The number of benzene rings is 1. The fourth-order valence-corrected chi connectivity index (χ4v) is 4.12. The second-order valence-corrected chi connectivity index (χ2v) is 6.55. The van der Waals surface area contributed by atoms with E-state index in [0.717, 1.165) is 19.4 Å². The van der Waals surface area contributed by atoms with E-state index >= 15 is 0 Å². The number of fused-ring (bicyclic) bond motifs is 1. The van der Waals surface area contributed by atoms with E-state index in [4.69, 9.17) is 9.47 Å². The van der Waals surface area contributed by atoms with Gasteiger partial charge in [0.25, 0.3) is 5.91 Å². The number of methoxy groups -OCH3 is 1. The Morgan fingerprint density at radius 2 is 1.96 bits per heavy atom. The van der Waals surface area contributed by atoms with Crippen LogP contribution in [0.15, 0.2) is 18.2 Å². The van der Waals surface area contributed by atoms with Gasteiger partial charge in [-0.2, -0.15) is 0 Å². The topological polar surface area (TPSA) is 38.8 Å². The molecule has 2 fully saturated rings. The quantitative estimate of drug-likeness (QED) is 0.845. The van der Waals surface area contributed by atoms with Gasteiger partial charge in [-0.15, -0.1) is 0 Å². The number of carbonyl (C=O) groups is 1. The van der Waals surface area contributed by atoms with Crippen molar-refractivity contribution < 1.29 is 14.3 Å². The number of hydrogen-bond acceptors (Lipinski definition) is 3. The summed E-state index contributed by atoms with van der Waals surface area (Å²) < 4.78 is 10.9. The van der Waals surface area contributed by atoms with Crippen molar-refractivity contribution in [3.8, 4) is 11.5 Å². The number of rotatable bonds is 4. The van der Waals surface area contributed by atoms with Crippen LogP contribution in [-0.2, 0) is 0 Å². The van der Waals surface area contributed by atoms with Gasteiger partial charge in [-0.05, 0) is 56.7 Å². The van der Waals surface area contributed by atoms with Gasteiger partial charge in [0.2, 0.25) is 0 Å². The summed E-state index contributed by atoms with van der Waals surface area (Å²) in [7, 11) is 1.62. The Hall–Kier alpha value is -1.71. The fraction of sp³-hybridized carbons (Fsp3) is 0.632. The van der Waals surface area contributed by atoms with E-state index in [-0.39, 0.29) is 5.91 Å². The van der Waals surface area contributed by atoms with Crippen LogP contribution >= 0.6 is 0 Å². The molecular weight excluding hydrogens is 290 g/mol. The Balaban J connectivity index is 1.81. The maximum Gasteiger partial charge on any atom is 0.254 e. The number of ether oxygens (including phenoxy) is 2. The molecule has 1 aliphatic heterocycles. The molecule has 0 radical (unpaired) electrons. The minimum Gasteiger partial charge on any atom is -0.493 e.